The van der Waals surface area contributed by atoms with Crippen LogP contribution in [-0.4, -0.2) is 37.1 Å². The molecule has 2 rings (SSSR count). The molecular weight excluding hydrogens is 240 g/mol. The van der Waals surface area contributed by atoms with Gasteiger partial charge in [-0.1, -0.05) is 13.8 Å². The second-order valence-electron chi connectivity index (χ2n) is 6.00. The monoisotopic (exact) mass is 262 g/mol. The number of nitrogen functional groups attached to an aromatic ring is 1. The molecule has 1 aromatic carbocycles. The van der Waals surface area contributed by atoms with E-state index >= 15 is 0 Å². The summed E-state index contributed by atoms with van der Waals surface area (Å²) in [5.74, 6) is 0. The summed E-state index contributed by atoms with van der Waals surface area (Å²) in [4.78, 5) is 6.56. The lowest BCUT2D eigenvalue weighted by molar-refractivity contribution is 0.253. The van der Waals surface area contributed by atoms with E-state index in [1.165, 1.54) is 0 Å². The lowest BCUT2D eigenvalue weighted by atomic mass is 9.93. The Morgan fingerprint density at radius 2 is 2.11 bits per heavy atom. The molecule has 0 unspecified atom stereocenters. The average Bonchev–Trinajstić information content (AvgIpc) is 2.66. The molecule has 104 valence electrons. The zero-order valence-electron chi connectivity index (χ0n) is 12.0. The predicted molar refractivity (Wildman–Crippen MR) is 79.2 cm³/mol. The Balaban J connectivity index is 2.05. The molecule has 3 N–H and O–H groups in total. The zero-order chi connectivity index (χ0) is 14.0. The molecule has 0 bridgehead atoms. The van der Waals surface area contributed by atoms with Crippen LogP contribution in [0.2, 0.25) is 0 Å². The van der Waals surface area contributed by atoms with Gasteiger partial charge in [-0.2, -0.15) is 4.98 Å². The van der Waals surface area contributed by atoms with Gasteiger partial charge in [0.1, 0.15) is 5.52 Å². The maximum Gasteiger partial charge on any atom is 0.295 e. The van der Waals surface area contributed by atoms with E-state index in [4.69, 9.17) is 10.2 Å². The van der Waals surface area contributed by atoms with Gasteiger partial charge in [-0.3, -0.25) is 0 Å². The summed E-state index contributed by atoms with van der Waals surface area (Å²) in [5, 5.41) is 3.25. The Kier molecular flexibility index (Phi) is 3.66. The second-order valence-corrected chi connectivity index (χ2v) is 6.00. The Morgan fingerprint density at radius 1 is 1.37 bits per heavy atom. The highest BCUT2D eigenvalue weighted by Gasteiger charge is 2.19. The third-order valence-electron chi connectivity index (χ3n) is 2.87. The highest BCUT2D eigenvalue weighted by atomic mass is 16.4. The van der Waals surface area contributed by atoms with E-state index in [0.29, 0.717) is 11.7 Å². The minimum atomic E-state index is 0.142. The molecule has 0 fully saturated rings. The Labute approximate surface area is 113 Å². The van der Waals surface area contributed by atoms with Crippen molar-refractivity contribution in [3.63, 3.8) is 0 Å². The summed E-state index contributed by atoms with van der Waals surface area (Å²) in [5.41, 5.74) is 8.10. The number of nitrogens with zero attached hydrogens (tertiary/aromatic N) is 2. The number of benzene rings is 1. The van der Waals surface area contributed by atoms with E-state index in [9.17, 15) is 0 Å². The van der Waals surface area contributed by atoms with E-state index in [1.54, 1.807) is 0 Å². The molecule has 0 atom stereocenters. The number of nitrogens with one attached hydrogen (secondary N) is 1. The van der Waals surface area contributed by atoms with Crippen molar-refractivity contribution in [3.8, 4) is 0 Å². The lowest BCUT2D eigenvalue weighted by Crippen LogP contribution is -2.34. The average molecular weight is 262 g/mol. The highest BCUT2D eigenvalue weighted by Crippen LogP contribution is 2.22. The topological polar surface area (TPSA) is 67.3 Å². The number of oxazole rings is 1. The molecule has 5 heteroatoms. The first-order valence-corrected chi connectivity index (χ1v) is 6.40. The number of anilines is 2. The fourth-order valence-corrected chi connectivity index (χ4v) is 2.25. The van der Waals surface area contributed by atoms with Crippen molar-refractivity contribution in [1.29, 1.82) is 0 Å². The number of rotatable bonds is 5. The van der Waals surface area contributed by atoms with Crippen LogP contribution in [0.25, 0.3) is 11.1 Å². The molecule has 0 amide bonds. The number of hydrogen-bond acceptors (Lipinski definition) is 5. The molecule has 0 radical (unpaired) electrons. The molecule has 0 saturated carbocycles. The molecule has 1 heterocycles. The second kappa shape index (κ2) is 5.09. The first kappa shape index (κ1) is 13.7. The molecule has 0 aliphatic rings. The van der Waals surface area contributed by atoms with Gasteiger partial charge in [-0.25, -0.2) is 0 Å². The van der Waals surface area contributed by atoms with E-state index in [0.717, 1.165) is 24.2 Å². The van der Waals surface area contributed by atoms with Crippen LogP contribution >= 0.6 is 0 Å². The summed E-state index contributed by atoms with van der Waals surface area (Å²) in [6.45, 7) is 6.21. The van der Waals surface area contributed by atoms with Crippen LogP contribution in [-0.2, 0) is 0 Å². The molecule has 0 saturated heterocycles. The third-order valence-corrected chi connectivity index (χ3v) is 2.87. The van der Waals surface area contributed by atoms with E-state index < -0.39 is 0 Å². The fourth-order valence-electron chi connectivity index (χ4n) is 2.25. The van der Waals surface area contributed by atoms with Crippen molar-refractivity contribution in [3.05, 3.63) is 18.2 Å². The van der Waals surface area contributed by atoms with E-state index in [2.05, 4.69) is 43.1 Å². The van der Waals surface area contributed by atoms with Crippen molar-refractivity contribution in [2.45, 2.75) is 13.8 Å². The number of nitrogens with two attached hydrogens (primary N) is 1. The van der Waals surface area contributed by atoms with Crippen LogP contribution < -0.4 is 11.1 Å². The van der Waals surface area contributed by atoms with Gasteiger partial charge in [0.2, 0.25) is 0 Å². The highest BCUT2D eigenvalue weighted by molar-refractivity contribution is 5.78. The minimum Gasteiger partial charge on any atom is -0.424 e. The smallest absolute Gasteiger partial charge is 0.295 e. The van der Waals surface area contributed by atoms with Crippen LogP contribution in [0.5, 0.6) is 0 Å². The Morgan fingerprint density at radius 3 is 2.79 bits per heavy atom. The van der Waals surface area contributed by atoms with Crippen molar-refractivity contribution in [2.75, 3.05) is 38.2 Å². The van der Waals surface area contributed by atoms with Gasteiger partial charge in [0.25, 0.3) is 6.01 Å². The number of hydrogen-bond donors (Lipinski definition) is 2. The summed E-state index contributed by atoms with van der Waals surface area (Å²) in [6, 6.07) is 6.02. The third kappa shape index (κ3) is 3.61. The number of fused-ring (bicyclic) bond motifs is 1. The maximum absolute atomic E-state index is 5.72. The largest absolute Gasteiger partial charge is 0.424 e. The summed E-state index contributed by atoms with van der Waals surface area (Å²) in [6.07, 6.45) is 0. The normalized spacial score (nSPS) is 12.3. The Bertz CT molecular complexity index is 560. The zero-order valence-corrected chi connectivity index (χ0v) is 12.0. The fraction of sp³-hybridized carbons (Fsp3) is 0.500. The molecular formula is C14H22N4O. The molecule has 1 aromatic heterocycles. The minimum absolute atomic E-state index is 0.142. The maximum atomic E-state index is 5.72. The molecule has 0 aliphatic heterocycles. The lowest BCUT2D eigenvalue weighted by Gasteiger charge is -2.27. The molecule has 2 aromatic rings. The van der Waals surface area contributed by atoms with Crippen LogP contribution in [0.1, 0.15) is 13.8 Å². The van der Waals surface area contributed by atoms with Crippen molar-refractivity contribution >= 4 is 22.8 Å². The summed E-state index contributed by atoms with van der Waals surface area (Å²) in [7, 11) is 4.15. The van der Waals surface area contributed by atoms with Gasteiger partial charge in [0, 0.05) is 18.8 Å². The molecule has 0 aliphatic carbocycles. The number of aromatic nitrogens is 1. The van der Waals surface area contributed by atoms with E-state index in [-0.39, 0.29) is 5.41 Å². The van der Waals surface area contributed by atoms with Crippen LogP contribution in [0.4, 0.5) is 11.7 Å². The van der Waals surface area contributed by atoms with Gasteiger partial charge in [0.05, 0.1) is 0 Å². The summed E-state index contributed by atoms with van der Waals surface area (Å²) >= 11 is 0. The van der Waals surface area contributed by atoms with Crippen LogP contribution in [0, 0.1) is 5.41 Å². The van der Waals surface area contributed by atoms with Gasteiger partial charge in [-0.15, -0.1) is 0 Å². The van der Waals surface area contributed by atoms with Gasteiger partial charge in [-0.05, 0) is 37.7 Å². The van der Waals surface area contributed by atoms with Gasteiger partial charge < -0.3 is 20.4 Å². The van der Waals surface area contributed by atoms with Crippen molar-refractivity contribution in [2.24, 2.45) is 5.41 Å². The Hall–Kier alpha value is -1.75. The molecule has 5 nitrogen and oxygen atoms in total. The van der Waals surface area contributed by atoms with Crippen molar-refractivity contribution in [1.82, 2.24) is 9.88 Å². The van der Waals surface area contributed by atoms with Gasteiger partial charge in [0.15, 0.2) is 5.58 Å². The first-order chi connectivity index (χ1) is 8.85. The summed E-state index contributed by atoms with van der Waals surface area (Å²) < 4.78 is 5.63. The quantitative estimate of drug-likeness (QED) is 0.810. The van der Waals surface area contributed by atoms with Crippen molar-refractivity contribution < 1.29 is 4.42 Å². The van der Waals surface area contributed by atoms with Gasteiger partial charge >= 0.3 is 0 Å². The first-order valence-electron chi connectivity index (χ1n) is 6.40. The van der Waals surface area contributed by atoms with Crippen LogP contribution in [0.15, 0.2) is 22.6 Å². The predicted octanol–water partition coefficient (Wildman–Crippen LogP) is 2.41. The molecule has 19 heavy (non-hydrogen) atoms. The SMILES string of the molecule is CN(C)CC(C)(C)CNc1nc2cc(N)ccc2o1. The standard InChI is InChI=1S/C14H22N4O/c1-14(2,9-18(3)4)8-16-13-17-11-7-10(15)5-6-12(11)19-13/h5-7H,8-9,15H2,1-4H3,(H,16,17). The van der Waals surface area contributed by atoms with E-state index in [1.807, 2.05) is 18.2 Å². The molecule has 0 spiro atoms. The van der Waals surface area contributed by atoms with Crippen LogP contribution in [0.3, 0.4) is 0 Å².